The van der Waals surface area contributed by atoms with Crippen LogP contribution in [0.25, 0.3) is 0 Å². The van der Waals surface area contributed by atoms with Gasteiger partial charge in [-0.1, -0.05) is 18.2 Å². The van der Waals surface area contributed by atoms with Gasteiger partial charge in [-0.25, -0.2) is 0 Å². The van der Waals surface area contributed by atoms with E-state index in [0.29, 0.717) is 19.6 Å². The molecule has 0 aromatic heterocycles. The van der Waals surface area contributed by atoms with Gasteiger partial charge in [0.2, 0.25) is 5.91 Å². The molecule has 4 heteroatoms. The number of nitrogens with one attached hydrogen (secondary N) is 1. The largest absolute Gasteiger partial charge is 0.492 e. The standard InChI is InChI=1S/C15H18N2O2/c16-8-4-1-5-9-17-15(18)13-10-12-6-2-3-7-14(12)19-11-13/h2-3,6-7,13H,1,4-5,9-11H2,(H,17,18). The first-order valence-electron chi connectivity index (χ1n) is 6.66. The number of unbranched alkanes of at least 4 members (excludes halogenated alkanes) is 2. The van der Waals surface area contributed by atoms with Crippen LogP contribution in [0.5, 0.6) is 5.75 Å². The summed E-state index contributed by atoms with van der Waals surface area (Å²) >= 11 is 0. The molecule has 1 aliphatic rings. The summed E-state index contributed by atoms with van der Waals surface area (Å²) in [7, 11) is 0. The molecule has 0 radical (unpaired) electrons. The van der Waals surface area contributed by atoms with Gasteiger partial charge < -0.3 is 10.1 Å². The summed E-state index contributed by atoms with van der Waals surface area (Å²) in [5.74, 6) is 0.831. The van der Waals surface area contributed by atoms with Crippen molar-refractivity contribution in [2.75, 3.05) is 13.2 Å². The molecule has 0 bridgehead atoms. The molecule has 4 nitrogen and oxygen atoms in total. The Bertz CT molecular complexity index is 479. The molecule has 0 spiro atoms. The number of hydrogen-bond acceptors (Lipinski definition) is 3. The third kappa shape index (κ3) is 3.72. The van der Waals surface area contributed by atoms with Crippen LogP contribution in [0.1, 0.15) is 24.8 Å². The Labute approximate surface area is 113 Å². The smallest absolute Gasteiger partial charge is 0.226 e. The van der Waals surface area contributed by atoms with Crippen LogP contribution in [0, 0.1) is 17.2 Å². The van der Waals surface area contributed by atoms with Gasteiger partial charge in [-0.2, -0.15) is 5.26 Å². The summed E-state index contributed by atoms with van der Waals surface area (Å²) in [6.07, 6.45) is 2.97. The Kier molecular flexibility index (Phi) is 4.79. The van der Waals surface area contributed by atoms with Crippen molar-refractivity contribution < 1.29 is 9.53 Å². The van der Waals surface area contributed by atoms with Crippen molar-refractivity contribution in [3.8, 4) is 11.8 Å². The van der Waals surface area contributed by atoms with Gasteiger partial charge in [0.1, 0.15) is 12.4 Å². The van der Waals surface area contributed by atoms with E-state index >= 15 is 0 Å². The fourth-order valence-corrected chi connectivity index (χ4v) is 2.18. The predicted molar refractivity (Wildman–Crippen MR) is 71.6 cm³/mol. The summed E-state index contributed by atoms with van der Waals surface area (Å²) < 4.78 is 5.60. The Morgan fingerprint density at radius 2 is 2.26 bits per heavy atom. The van der Waals surface area contributed by atoms with Crippen molar-refractivity contribution in [2.45, 2.75) is 25.7 Å². The molecule has 1 N–H and O–H groups in total. The van der Waals surface area contributed by atoms with Crippen LogP contribution in [0.15, 0.2) is 24.3 Å². The fourth-order valence-electron chi connectivity index (χ4n) is 2.18. The molecule has 0 fully saturated rings. The molecule has 1 aromatic rings. The first-order valence-corrected chi connectivity index (χ1v) is 6.66. The topological polar surface area (TPSA) is 62.1 Å². The number of carbonyl (C=O) groups excluding carboxylic acids is 1. The zero-order chi connectivity index (χ0) is 13.5. The maximum Gasteiger partial charge on any atom is 0.226 e. The molecule has 1 atom stereocenters. The van der Waals surface area contributed by atoms with Crippen molar-refractivity contribution >= 4 is 5.91 Å². The number of amides is 1. The van der Waals surface area contributed by atoms with Crippen LogP contribution in [0.4, 0.5) is 0 Å². The van der Waals surface area contributed by atoms with Crippen LogP contribution in [-0.4, -0.2) is 19.1 Å². The lowest BCUT2D eigenvalue weighted by Crippen LogP contribution is -2.37. The molecule has 0 saturated carbocycles. The van der Waals surface area contributed by atoms with Gasteiger partial charge in [0, 0.05) is 13.0 Å². The fraction of sp³-hybridized carbons (Fsp3) is 0.467. The highest BCUT2D eigenvalue weighted by Gasteiger charge is 2.25. The van der Waals surface area contributed by atoms with Gasteiger partial charge >= 0.3 is 0 Å². The molecular weight excluding hydrogens is 240 g/mol. The lowest BCUT2D eigenvalue weighted by molar-refractivity contribution is -0.126. The maximum absolute atomic E-state index is 12.0. The van der Waals surface area contributed by atoms with Crippen molar-refractivity contribution in [3.05, 3.63) is 29.8 Å². The van der Waals surface area contributed by atoms with E-state index in [1.807, 2.05) is 24.3 Å². The second kappa shape index (κ2) is 6.79. The average Bonchev–Trinajstić information content (AvgIpc) is 2.46. The molecule has 2 rings (SSSR count). The average molecular weight is 258 g/mol. The number of nitrogens with zero attached hydrogens (tertiary/aromatic N) is 1. The molecule has 1 unspecified atom stereocenters. The van der Waals surface area contributed by atoms with Crippen LogP contribution < -0.4 is 10.1 Å². The minimum atomic E-state index is -0.106. The molecular formula is C15H18N2O2. The van der Waals surface area contributed by atoms with Gasteiger partial charge in [0.25, 0.3) is 0 Å². The summed E-state index contributed by atoms with van der Waals surface area (Å²) in [4.78, 5) is 12.0. The number of fused-ring (bicyclic) bond motifs is 1. The quantitative estimate of drug-likeness (QED) is 0.822. The molecule has 1 heterocycles. The Morgan fingerprint density at radius 3 is 3.11 bits per heavy atom. The highest BCUT2D eigenvalue weighted by molar-refractivity contribution is 5.79. The maximum atomic E-state index is 12.0. The van der Waals surface area contributed by atoms with Crippen LogP contribution in [-0.2, 0) is 11.2 Å². The van der Waals surface area contributed by atoms with Gasteiger partial charge in [0.05, 0.1) is 12.0 Å². The second-order valence-corrected chi connectivity index (χ2v) is 4.73. The third-order valence-electron chi connectivity index (χ3n) is 3.26. The number of rotatable bonds is 5. The molecule has 19 heavy (non-hydrogen) atoms. The van der Waals surface area contributed by atoms with Crippen molar-refractivity contribution in [2.24, 2.45) is 5.92 Å². The number of carbonyl (C=O) groups is 1. The van der Waals surface area contributed by atoms with Gasteiger partial charge in [-0.15, -0.1) is 0 Å². The van der Waals surface area contributed by atoms with E-state index in [0.717, 1.165) is 30.6 Å². The normalized spacial score (nSPS) is 16.9. The number of hydrogen-bond donors (Lipinski definition) is 1. The second-order valence-electron chi connectivity index (χ2n) is 4.73. The summed E-state index contributed by atoms with van der Waals surface area (Å²) in [5.41, 5.74) is 1.10. The molecule has 1 amide bonds. The van der Waals surface area contributed by atoms with Gasteiger partial charge in [-0.05, 0) is 30.9 Å². The predicted octanol–water partition coefficient (Wildman–Crippen LogP) is 2.05. The van der Waals surface area contributed by atoms with Crippen LogP contribution in [0.3, 0.4) is 0 Å². The van der Waals surface area contributed by atoms with E-state index < -0.39 is 0 Å². The lowest BCUT2D eigenvalue weighted by atomic mass is 9.96. The van der Waals surface area contributed by atoms with E-state index in [9.17, 15) is 4.79 Å². The number of para-hydroxylation sites is 1. The zero-order valence-electron chi connectivity index (χ0n) is 10.9. The van der Waals surface area contributed by atoms with E-state index in [1.165, 1.54) is 0 Å². The SMILES string of the molecule is N#CCCCCNC(=O)C1COc2ccccc2C1. The van der Waals surface area contributed by atoms with E-state index in [-0.39, 0.29) is 11.8 Å². The monoisotopic (exact) mass is 258 g/mol. The molecule has 100 valence electrons. The van der Waals surface area contributed by atoms with E-state index in [1.54, 1.807) is 0 Å². The highest BCUT2D eigenvalue weighted by atomic mass is 16.5. The zero-order valence-corrected chi connectivity index (χ0v) is 10.9. The third-order valence-corrected chi connectivity index (χ3v) is 3.26. The number of nitriles is 1. The van der Waals surface area contributed by atoms with E-state index in [4.69, 9.17) is 10.00 Å². The van der Waals surface area contributed by atoms with Gasteiger partial charge in [0.15, 0.2) is 0 Å². The molecule has 1 aliphatic heterocycles. The van der Waals surface area contributed by atoms with Crippen LogP contribution >= 0.6 is 0 Å². The first kappa shape index (κ1) is 13.4. The summed E-state index contributed by atoms with van der Waals surface area (Å²) in [6, 6.07) is 9.94. The highest BCUT2D eigenvalue weighted by Crippen LogP contribution is 2.26. The lowest BCUT2D eigenvalue weighted by Gasteiger charge is -2.24. The van der Waals surface area contributed by atoms with Crippen molar-refractivity contribution in [3.63, 3.8) is 0 Å². The summed E-state index contributed by atoms with van der Waals surface area (Å²) in [6.45, 7) is 1.08. The van der Waals surface area contributed by atoms with Gasteiger partial charge in [-0.3, -0.25) is 4.79 Å². The first-order chi connectivity index (χ1) is 9.31. The van der Waals surface area contributed by atoms with Crippen molar-refractivity contribution in [1.82, 2.24) is 5.32 Å². The Balaban J connectivity index is 1.78. The minimum Gasteiger partial charge on any atom is -0.492 e. The molecule has 0 saturated heterocycles. The number of ether oxygens (including phenoxy) is 1. The van der Waals surface area contributed by atoms with Crippen molar-refractivity contribution in [1.29, 1.82) is 5.26 Å². The van der Waals surface area contributed by atoms with Crippen LogP contribution in [0.2, 0.25) is 0 Å². The number of benzene rings is 1. The minimum absolute atomic E-state index is 0.0476. The van der Waals surface area contributed by atoms with E-state index in [2.05, 4.69) is 11.4 Å². The Morgan fingerprint density at radius 1 is 1.42 bits per heavy atom. The summed E-state index contributed by atoms with van der Waals surface area (Å²) in [5, 5.41) is 11.3. The molecule has 0 aliphatic carbocycles. The Hall–Kier alpha value is -2.02. The molecule has 1 aromatic carbocycles.